The van der Waals surface area contributed by atoms with Crippen LogP contribution in [0.4, 0.5) is 0 Å². The number of nitrogens with two attached hydrogens (primary N) is 1. The van der Waals surface area contributed by atoms with E-state index in [-0.39, 0.29) is 5.54 Å². The van der Waals surface area contributed by atoms with Gasteiger partial charge in [-0.25, -0.2) is 0 Å². The van der Waals surface area contributed by atoms with Crippen LogP contribution in [0.5, 0.6) is 0 Å². The first kappa shape index (κ1) is 12.5. The molecule has 3 nitrogen and oxygen atoms in total. The Hall–Kier alpha value is -0.570. The molecule has 3 heteroatoms. The van der Waals surface area contributed by atoms with Gasteiger partial charge in [0.25, 0.3) is 0 Å². The maximum absolute atomic E-state index is 12.4. The molecule has 0 heterocycles. The van der Waals surface area contributed by atoms with Crippen molar-refractivity contribution in [3.63, 3.8) is 0 Å². The van der Waals surface area contributed by atoms with Crippen LogP contribution in [-0.4, -0.2) is 18.0 Å². The van der Waals surface area contributed by atoms with Gasteiger partial charge in [0.2, 0.25) is 5.91 Å². The van der Waals surface area contributed by atoms with Crippen molar-refractivity contribution < 1.29 is 4.79 Å². The highest BCUT2D eigenvalue weighted by Crippen LogP contribution is 2.57. The molecule has 0 saturated heterocycles. The summed E-state index contributed by atoms with van der Waals surface area (Å²) in [4.78, 5) is 12.4. The highest BCUT2D eigenvalue weighted by Gasteiger charge is 2.57. The standard InChI is InChI=1S/C15H26N2O/c1-10-5-7-15(9-16,8-6-10)17-14(18)13-11-3-2-4-12(11)13/h10-13H,2-9,16H2,1H3,(H,17,18). The lowest BCUT2D eigenvalue weighted by Crippen LogP contribution is -2.56. The number of carbonyl (C=O) groups is 1. The van der Waals surface area contributed by atoms with Crippen molar-refractivity contribution in [3.05, 3.63) is 0 Å². The molecule has 0 aromatic heterocycles. The highest BCUT2D eigenvalue weighted by molar-refractivity contribution is 5.83. The Morgan fingerprint density at radius 2 is 1.83 bits per heavy atom. The Balaban J connectivity index is 1.58. The molecule has 3 aliphatic rings. The van der Waals surface area contributed by atoms with Crippen LogP contribution in [0.25, 0.3) is 0 Å². The summed E-state index contributed by atoms with van der Waals surface area (Å²) in [6, 6.07) is 0. The summed E-state index contributed by atoms with van der Waals surface area (Å²) in [5.41, 5.74) is 5.87. The molecule has 0 spiro atoms. The molecule has 2 atom stereocenters. The zero-order valence-electron chi connectivity index (χ0n) is 11.5. The van der Waals surface area contributed by atoms with E-state index >= 15 is 0 Å². The summed E-state index contributed by atoms with van der Waals surface area (Å²) < 4.78 is 0. The fourth-order valence-corrected chi connectivity index (χ4v) is 4.25. The van der Waals surface area contributed by atoms with Crippen molar-refractivity contribution in [3.8, 4) is 0 Å². The zero-order chi connectivity index (χ0) is 12.8. The summed E-state index contributed by atoms with van der Waals surface area (Å²) in [6.07, 6.45) is 8.42. The van der Waals surface area contributed by atoms with E-state index in [2.05, 4.69) is 12.2 Å². The van der Waals surface area contributed by atoms with E-state index < -0.39 is 0 Å². The summed E-state index contributed by atoms with van der Waals surface area (Å²) in [6.45, 7) is 2.90. The van der Waals surface area contributed by atoms with Crippen molar-refractivity contribution >= 4 is 5.91 Å². The SMILES string of the molecule is CC1CCC(CN)(NC(=O)C2C3CCCC32)CC1. The molecule has 102 valence electrons. The Morgan fingerprint density at radius 3 is 2.39 bits per heavy atom. The average molecular weight is 250 g/mol. The van der Waals surface area contributed by atoms with Gasteiger partial charge in [0.05, 0.1) is 5.54 Å². The van der Waals surface area contributed by atoms with E-state index in [0.717, 1.165) is 18.8 Å². The van der Waals surface area contributed by atoms with Gasteiger partial charge in [-0.1, -0.05) is 13.3 Å². The van der Waals surface area contributed by atoms with Crippen LogP contribution in [0.3, 0.4) is 0 Å². The molecule has 18 heavy (non-hydrogen) atoms. The largest absolute Gasteiger partial charge is 0.349 e. The molecule has 0 aliphatic heterocycles. The minimum atomic E-state index is -0.0829. The van der Waals surface area contributed by atoms with Gasteiger partial charge in [-0.05, 0) is 56.3 Å². The van der Waals surface area contributed by atoms with E-state index in [0.29, 0.717) is 30.2 Å². The highest BCUT2D eigenvalue weighted by atomic mass is 16.2. The monoisotopic (exact) mass is 250 g/mol. The quantitative estimate of drug-likeness (QED) is 0.805. The number of hydrogen-bond acceptors (Lipinski definition) is 2. The maximum Gasteiger partial charge on any atom is 0.224 e. The number of hydrogen-bond donors (Lipinski definition) is 2. The van der Waals surface area contributed by atoms with E-state index in [1.807, 2.05) is 0 Å². The molecule has 3 N–H and O–H groups in total. The molecule has 2 unspecified atom stereocenters. The number of fused-ring (bicyclic) bond motifs is 1. The first-order valence-electron chi connectivity index (χ1n) is 7.67. The van der Waals surface area contributed by atoms with Gasteiger partial charge in [-0.15, -0.1) is 0 Å². The molecule has 0 radical (unpaired) electrons. The van der Waals surface area contributed by atoms with E-state index in [9.17, 15) is 4.79 Å². The van der Waals surface area contributed by atoms with Gasteiger partial charge in [-0.2, -0.15) is 0 Å². The molecular weight excluding hydrogens is 224 g/mol. The maximum atomic E-state index is 12.4. The second-order valence-corrected chi connectivity index (χ2v) is 6.94. The third-order valence-corrected chi connectivity index (χ3v) is 5.72. The predicted molar refractivity (Wildman–Crippen MR) is 71.9 cm³/mol. The topological polar surface area (TPSA) is 55.1 Å². The second kappa shape index (κ2) is 4.52. The van der Waals surface area contributed by atoms with E-state index in [4.69, 9.17) is 5.73 Å². The lowest BCUT2D eigenvalue weighted by Gasteiger charge is -2.39. The van der Waals surface area contributed by atoms with Crippen molar-refractivity contribution in [1.29, 1.82) is 0 Å². The van der Waals surface area contributed by atoms with Gasteiger partial charge in [-0.3, -0.25) is 4.79 Å². The first-order chi connectivity index (χ1) is 8.65. The summed E-state index contributed by atoms with van der Waals surface area (Å²) in [5.74, 6) is 2.86. The molecule has 0 aromatic carbocycles. The third-order valence-electron chi connectivity index (χ3n) is 5.72. The molecule has 3 saturated carbocycles. The fraction of sp³-hybridized carbons (Fsp3) is 0.933. The van der Waals surface area contributed by atoms with Gasteiger partial charge < -0.3 is 11.1 Å². The molecule has 0 aromatic rings. The van der Waals surface area contributed by atoms with Crippen molar-refractivity contribution in [1.82, 2.24) is 5.32 Å². The van der Waals surface area contributed by atoms with Crippen molar-refractivity contribution in [2.24, 2.45) is 29.4 Å². The molecule has 3 fully saturated rings. The van der Waals surface area contributed by atoms with Crippen molar-refractivity contribution in [2.75, 3.05) is 6.54 Å². The summed E-state index contributed by atoms with van der Waals surface area (Å²) in [7, 11) is 0. The van der Waals surface area contributed by atoms with Crippen LogP contribution >= 0.6 is 0 Å². The normalized spacial score (nSPS) is 46.6. The molecular formula is C15H26N2O. The predicted octanol–water partition coefficient (Wildman–Crippen LogP) is 2.06. The van der Waals surface area contributed by atoms with Gasteiger partial charge in [0.15, 0.2) is 0 Å². The summed E-state index contributed by atoms with van der Waals surface area (Å²) >= 11 is 0. The number of amides is 1. The Bertz CT molecular complexity index is 323. The van der Waals surface area contributed by atoms with Crippen molar-refractivity contribution in [2.45, 2.75) is 57.4 Å². The lowest BCUT2D eigenvalue weighted by atomic mass is 9.77. The van der Waals surface area contributed by atoms with E-state index in [1.165, 1.54) is 32.1 Å². The minimum Gasteiger partial charge on any atom is -0.349 e. The average Bonchev–Trinajstić information content (AvgIpc) is 2.87. The fourth-order valence-electron chi connectivity index (χ4n) is 4.25. The Kier molecular flexibility index (Phi) is 3.13. The third kappa shape index (κ3) is 2.07. The van der Waals surface area contributed by atoms with Crippen LogP contribution < -0.4 is 11.1 Å². The van der Waals surface area contributed by atoms with Gasteiger partial charge in [0, 0.05) is 12.5 Å². The van der Waals surface area contributed by atoms with Crippen LogP contribution in [-0.2, 0) is 4.79 Å². The Labute approximate surface area is 110 Å². The van der Waals surface area contributed by atoms with Crippen LogP contribution in [0.15, 0.2) is 0 Å². The summed E-state index contributed by atoms with van der Waals surface area (Å²) in [5, 5.41) is 3.33. The minimum absolute atomic E-state index is 0.0829. The Morgan fingerprint density at radius 1 is 1.22 bits per heavy atom. The van der Waals surface area contributed by atoms with E-state index in [1.54, 1.807) is 0 Å². The zero-order valence-corrected chi connectivity index (χ0v) is 11.5. The number of nitrogens with one attached hydrogen (secondary N) is 1. The molecule has 0 bridgehead atoms. The van der Waals surface area contributed by atoms with Crippen LogP contribution in [0.2, 0.25) is 0 Å². The number of rotatable bonds is 3. The molecule has 3 rings (SSSR count). The second-order valence-electron chi connectivity index (χ2n) is 6.94. The van der Waals surface area contributed by atoms with Gasteiger partial charge in [0.1, 0.15) is 0 Å². The molecule has 1 amide bonds. The van der Waals surface area contributed by atoms with Gasteiger partial charge >= 0.3 is 0 Å². The molecule has 3 aliphatic carbocycles. The van der Waals surface area contributed by atoms with Crippen LogP contribution in [0.1, 0.15) is 51.9 Å². The number of carbonyl (C=O) groups excluding carboxylic acids is 1. The lowest BCUT2D eigenvalue weighted by molar-refractivity contribution is -0.125. The van der Waals surface area contributed by atoms with Crippen LogP contribution in [0, 0.1) is 23.7 Å². The first-order valence-corrected chi connectivity index (χ1v) is 7.67. The smallest absolute Gasteiger partial charge is 0.224 e.